The average molecular weight is 462 g/mol. The third-order valence-corrected chi connectivity index (χ3v) is 4.45. The molecule has 148 valence electrons. The molecule has 0 fully saturated rings. The Bertz CT molecular complexity index is 1200. The number of rotatable bonds is 6. The number of hydrogen-bond acceptors (Lipinski definition) is 5. The minimum atomic E-state index is -1.08. The van der Waals surface area contributed by atoms with Crippen LogP contribution in [0.5, 0.6) is 5.75 Å². The number of halogens is 2. The van der Waals surface area contributed by atoms with Crippen LogP contribution in [0.4, 0.5) is 10.1 Å². The summed E-state index contributed by atoms with van der Waals surface area (Å²) in [5.41, 5.74) is -1.44. The molecule has 0 spiro atoms. The minimum Gasteiger partial charge on any atom is -0.488 e. The number of aromatic amines is 2. The van der Waals surface area contributed by atoms with Crippen molar-refractivity contribution in [2.45, 2.75) is 6.61 Å². The van der Waals surface area contributed by atoms with Gasteiger partial charge in [0.1, 0.15) is 23.9 Å². The topological polar surface area (TPSA) is 118 Å². The van der Waals surface area contributed by atoms with Gasteiger partial charge in [-0.2, -0.15) is 0 Å². The van der Waals surface area contributed by atoms with E-state index in [0.29, 0.717) is 15.8 Å². The molecule has 3 aromatic rings. The summed E-state index contributed by atoms with van der Waals surface area (Å²) in [5, 5.41) is 11.1. The largest absolute Gasteiger partial charge is 0.488 e. The lowest BCUT2D eigenvalue weighted by atomic mass is 10.2. The van der Waals surface area contributed by atoms with Crippen LogP contribution in [0.1, 0.15) is 16.8 Å². The molecule has 0 atom stereocenters. The number of hydrogen-bond donors (Lipinski definition) is 2. The zero-order chi connectivity index (χ0) is 21.0. The maximum atomic E-state index is 12.9. The second kappa shape index (κ2) is 8.65. The Balaban J connectivity index is 1.79. The molecule has 0 bridgehead atoms. The summed E-state index contributed by atoms with van der Waals surface area (Å²) in [6.45, 7) is 0.244. The standard InChI is InChI=1S/C19H13BrFN3O5/c20-14-9-11(3-7-15-17(24(27)28)18(25)23-19(26)22-15)4-8-16(14)29-10-12-1-5-13(21)6-2-12/h1-9H,10H2,(H2,22,23,25,26). The van der Waals surface area contributed by atoms with E-state index in [1.165, 1.54) is 24.3 Å². The highest BCUT2D eigenvalue weighted by molar-refractivity contribution is 9.10. The fraction of sp³-hybridized carbons (Fsp3) is 0.0526. The first-order valence-electron chi connectivity index (χ1n) is 8.19. The molecule has 0 saturated heterocycles. The lowest BCUT2D eigenvalue weighted by Gasteiger charge is -2.09. The Hall–Kier alpha value is -3.53. The van der Waals surface area contributed by atoms with Crippen molar-refractivity contribution in [1.82, 2.24) is 9.97 Å². The summed E-state index contributed by atoms with van der Waals surface area (Å²) < 4.78 is 19.2. The van der Waals surface area contributed by atoms with Crippen LogP contribution < -0.4 is 16.0 Å². The summed E-state index contributed by atoms with van der Waals surface area (Å²) in [4.78, 5) is 37.3. The van der Waals surface area contributed by atoms with E-state index in [1.54, 1.807) is 30.3 Å². The Labute approximate surface area is 171 Å². The van der Waals surface area contributed by atoms with Crippen LogP contribution in [0, 0.1) is 15.9 Å². The van der Waals surface area contributed by atoms with Gasteiger partial charge in [-0.15, -0.1) is 0 Å². The molecular weight excluding hydrogens is 449 g/mol. The number of benzene rings is 2. The molecule has 2 aromatic carbocycles. The van der Waals surface area contributed by atoms with Crippen molar-refractivity contribution in [3.63, 3.8) is 0 Å². The molecule has 1 aromatic heterocycles. The number of aromatic nitrogens is 2. The first-order chi connectivity index (χ1) is 13.8. The number of nitrogens with zero attached hydrogens (tertiary/aromatic N) is 1. The van der Waals surface area contributed by atoms with Crippen molar-refractivity contribution < 1.29 is 14.1 Å². The van der Waals surface area contributed by atoms with Crippen molar-refractivity contribution in [3.8, 4) is 5.75 Å². The normalized spacial score (nSPS) is 11.0. The van der Waals surface area contributed by atoms with Crippen LogP contribution in [-0.4, -0.2) is 14.9 Å². The summed E-state index contributed by atoms with van der Waals surface area (Å²) in [7, 11) is 0. The molecule has 0 amide bonds. The van der Waals surface area contributed by atoms with Gasteiger partial charge < -0.3 is 9.72 Å². The molecule has 10 heteroatoms. The van der Waals surface area contributed by atoms with E-state index < -0.39 is 21.9 Å². The summed E-state index contributed by atoms with van der Waals surface area (Å²) in [6, 6.07) is 11.0. The summed E-state index contributed by atoms with van der Waals surface area (Å²) >= 11 is 3.38. The third kappa shape index (κ3) is 5.05. The molecule has 0 aliphatic rings. The predicted molar refractivity (Wildman–Crippen MR) is 108 cm³/mol. The summed E-state index contributed by atoms with van der Waals surface area (Å²) in [6.07, 6.45) is 2.78. The van der Waals surface area contributed by atoms with Gasteiger partial charge in [-0.25, -0.2) is 9.18 Å². The zero-order valence-electron chi connectivity index (χ0n) is 14.6. The minimum absolute atomic E-state index is 0.212. The Morgan fingerprint density at radius 3 is 2.48 bits per heavy atom. The highest BCUT2D eigenvalue weighted by Gasteiger charge is 2.18. The van der Waals surface area contributed by atoms with E-state index in [1.807, 2.05) is 4.98 Å². The zero-order valence-corrected chi connectivity index (χ0v) is 16.2. The van der Waals surface area contributed by atoms with Gasteiger partial charge in [-0.3, -0.25) is 19.9 Å². The van der Waals surface area contributed by atoms with Gasteiger partial charge >= 0.3 is 16.9 Å². The maximum Gasteiger partial charge on any atom is 0.357 e. The smallest absolute Gasteiger partial charge is 0.357 e. The highest BCUT2D eigenvalue weighted by Crippen LogP contribution is 2.28. The molecule has 0 unspecified atom stereocenters. The van der Waals surface area contributed by atoms with Crippen molar-refractivity contribution in [2.75, 3.05) is 0 Å². The molecule has 29 heavy (non-hydrogen) atoms. The molecule has 0 aliphatic heterocycles. The predicted octanol–water partition coefficient (Wildman–Crippen LogP) is 3.62. The second-order valence-corrected chi connectivity index (χ2v) is 6.72. The Kier molecular flexibility index (Phi) is 6.03. The molecule has 0 aliphatic carbocycles. The number of ether oxygens (including phenoxy) is 1. The first-order valence-corrected chi connectivity index (χ1v) is 8.98. The van der Waals surface area contributed by atoms with Crippen molar-refractivity contribution >= 4 is 33.8 Å². The molecule has 0 saturated carbocycles. The van der Waals surface area contributed by atoms with Crippen LogP contribution in [0.2, 0.25) is 0 Å². The van der Waals surface area contributed by atoms with Crippen LogP contribution >= 0.6 is 15.9 Å². The molecule has 0 radical (unpaired) electrons. The van der Waals surface area contributed by atoms with Crippen molar-refractivity contribution in [1.29, 1.82) is 0 Å². The molecular formula is C19H13BrFN3O5. The van der Waals surface area contributed by atoms with E-state index in [0.717, 1.165) is 5.56 Å². The first kappa shape index (κ1) is 20.2. The van der Waals surface area contributed by atoms with Gasteiger partial charge in [0.2, 0.25) is 0 Å². The van der Waals surface area contributed by atoms with E-state index in [9.17, 15) is 24.1 Å². The van der Waals surface area contributed by atoms with Crippen LogP contribution in [-0.2, 0) is 6.61 Å². The average Bonchev–Trinajstić information content (AvgIpc) is 2.66. The van der Waals surface area contributed by atoms with Gasteiger partial charge in [0, 0.05) is 0 Å². The lowest BCUT2D eigenvalue weighted by molar-refractivity contribution is -0.386. The second-order valence-electron chi connectivity index (χ2n) is 5.87. The summed E-state index contributed by atoms with van der Waals surface area (Å²) in [5.74, 6) is 0.218. The quantitative estimate of drug-likeness (QED) is 0.429. The SMILES string of the molecule is O=c1[nH]c(C=Cc2ccc(OCc3ccc(F)cc3)c(Br)c2)c([N+](=O)[O-])c(=O)[nH]1. The van der Waals surface area contributed by atoms with Gasteiger partial charge in [-0.1, -0.05) is 24.3 Å². The van der Waals surface area contributed by atoms with Gasteiger partial charge in [0.05, 0.1) is 9.40 Å². The monoisotopic (exact) mass is 461 g/mol. The van der Waals surface area contributed by atoms with Gasteiger partial charge in [-0.05, 0) is 57.4 Å². The lowest BCUT2D eigenvalue weighted by Crippen LogP contribution is -2.25. The highest BCUT2D eigenvalue weighted by atomic mass is 79.9. The van der Waals surface area contributed by atoms with Crippen molar-refractivity contribution in [3.05, 3.63) is 101 Å². The maximum absolute atomic E-state index is 12.9. The van der Waals surface area contributed by atoms with Crippen LogP contribution in [0.15, 0.2) is 56.5 Å². The number of nitrogens with one attached hydrogen (secondary N) is 2. The fourth-order valence-electron chi connectivity index (χ4n) is 2.46. The molecule has 3 rings (SSSR count). The Morgan fingerprint density at radius 1 is 1.10 bits per heavy atom. The van der Waals surface area contributed by atoms with E-state index in [2.05, 4.69) is 20.9 Å². The number of nitro groups is 1. The van der Waals surface area contributed by atoms with E-state index in [-0.39, 0.29) is 18.1 Å². The van der Waals surface area contributed by atoms with Crippen molar-refractivity contribution in [2.24, 2.45) is 0 Å². The van der Waals surface area contributed by atoms with E-state index >= 15 is 0 Å². The molecule has 1 heterocycles. The fourth-order valence-corrected chi connectivity index (χ4v) is 2.97. The van der Waals surface area contributed by atoms with Crippen LogP contribution in [0.25, 0.3) is 12.2 Å². The number of H-pyrrole nitrogens is 2. The Morgan fingerprint density at radius 2 is 1.83 bits per heavy atom. The molecule has 8 nitrogen and oxygen atoms in total. The van der Waals surface area contributed by atoms with Gasteiger partial charge in [0.15, 0.2) is 0 Å². The third-order valence-electron chi connectivity index (χ3n) is 3.83. The van der Waals surface area contributed by atoms with Gasteiger partial charge in [0.25, 0.3) is 0 Å². The molecule has 2 N–H and O–H groups in total. The van der Waals surface area contributed by atoms with Crippen LogP contribution in [0.3, 0.4) is 0 Å². The van der Waals surface area contributed by atoms with E-state index in [4.69, 9.17) is 4.74 Å².